The Morgan fingerprint density at radius 2 is 1.92 bits per heavy atom. The van der Waals surface area contributed by atoms with Gasteiger partial charge in [0.15, 0.2) is 5.82 Å². The van der Waals surface area contributed by atoms with Crippen molar-refractivity contribution in [3.8, 4) is 11.3 Å². The molecule has 3 heterocycles. The van der Waals surface area contributed by atoms with Crippen LogP contribution in [0.5, 0.6) is 0 Å². The summed E-state index contributed by atoms with van der Waals surface area (Å²) in [6.45, 7) is 3.58. The molecule has 1 amide bonds. The van der Waals surface area contributed by atoms with Crippen molar-refractivity contribution in [3.63, 3.8) is 0 Å². The van der Waals surface area contributed by atoms with Gasteiger partial charge in [0.2, 0.25) is 16.0 Å². The second kappa shape index (κ2) is 6.24. The van der Waals surface area contributed by atoms with Crippen LogP contribution in [0.4, 0.5) is 10.9 Å². The fourth-order valence-electron chi connectivity index (χ4n) is 3.03. The Hall–Kier alpha value is -2.41. The molecule has 3 aromatic rings. The van der Waals surface area contributed by atoms with Crippen LogP contribution in [-0.4, -0.2) is 33.6 Å². The molecular weight excluding hydrogens is 322 g/mol. The van der Waals surface area contributed by atoms with Crippen molar-refractivity contribution in [2.75, 3.05) is 23.3 Å². The zero-order chi connectivity index (χ0) is 16.5. The van der Waals surface area contributed by atoms with Gasteiger partial charge in [-0.3, -0.25) is 4.79 Å². The monoisotopic (exact) mass is 341 g/mol. The van der Waals surface area contributed by atoms with Crippen LogP contribution in [-0.2, 0) is 4.79 Å². The van der Waals surface area contributed by atoms with Crippen LogP contribution in [0.25, 0.3) is 16.2 Å². The number of nitrogens with one attached hydrogen (secondary N) is 1. The van der Waals surface area contributed by atoms with Crippen molar-refractivity contribution < 1.29 is 4.79 Å². The van der Waals surface area contributed by atoms with Crippen molar-refractivity contribution in [1.29, 1.82) is 0 Å². The molecule has 24 heavy (non-hydrogen) atoms. The quantitative estimate of drug-likeness (QED) is 0.793. The van der Waals surface area contributed by atoms with Gasteiger partial charge in [-0.05, 0) is 19.3 Å². The summed E-state index contributed by atoms with van der Waals surface area (Å²) in [5, 5.41) is 8.59. The number of benzene rings is 1. The largest absolute Gasteiger partial charge is 0.347 e. The van der Waals surface area contributed by atoms with Gasteiger partial charge in [-0.2, -0.15) is 4.52 Å². The van der Waals surface area contributed by atoms with Gasteiger partial charge >= 0.3 is 0 Å². The highest BCUT2D eigenvalue weighted by Gasteiger charge is 2.21. The standard InChI is InChI=1S/C17H19N5OS/c1-12(23)18-15-14(13-8-4-2-5-9-13)19-16-22(15)20-17(24-16)21-10-6-3-7-11-21/h2,4-5,8-9H,3,6-7,10-11H2,1H3,(H,18,23). The molecule has 6 nitrogen and oxygen atoms in total. The minimum Gasteiger partial charge on any atom is -0.347 e. The third kappa shape index (κ3) is 2.75. The van der Waals surface area contributed by atoms with Crippen molar-refractivity contribution >= 4 is 33.2 Å². The zero-order valence-corrected chi connectivity index (χ0v) is 14.3. The van der Waals surface area contributed by atoms with E-state index >= 15 is 0 Å². The highest BCUT2D eigenvalue weighted by atomic mass is 32.1. The highest BCUT2D eigenvalue weighted by molar-refractivity contribution is 7.20. The van der Waals surface area contributed by atoms with E-state index in [0.717, 1.165) is 34.4 Å². The smallest absolute Gasteiger partial charge is 0.222 e. The average Bonchev–Trinajstić information content (AvgIpc) is 3.16. The lowest BCUT2D eigenvalue weighted by molar-refractivity contribution is -0.114. The molecule has 0 radical (unpaired) electrons. The van der Waals surface area contributed by atoms with Gasteiger partial charge in [-0.1, -0.05) is 41.7 Å². The van der Waals surface area contributed by atoms with Crippen LogP contribution >= 0.6 is 11.3 Å². The third-order valence-electron chi connectivity index (χ3n) is 4.16. The minimum absolute atomic E-state index is 0.124. The predicted molar refractivity (Wildman–Crippen MR) is 96.7 cm³/mol. The first kappa shape index (κ1) is 15.1. The zero-order valence-electron chi connectivity index (χ0n) is 13.5. The van der Waals surface area contributed by atoms with E-state index in [1.165, 1.54) is 26.2 Å². The van der Waals surface area contributed by atoms with E-state index in [-0.39, 0.29) is 5.91 Å². The number of anilines is 2. The molecule has 1 saturated heterocycles. The molecule has 1 N–H and O–H groups in total. The van der Waals surface area contributed by atoms with E-state index < -0.39 is 0 Å². The molecule has 0 aliphatic carbocycles. The second-order valence-electron chi connectivity index (χ2n) is 5.98. The normalized spacial score (nSPS) is 15.0. The number of aromatic nitrogens is 3. The first-order valence-corrected chi connectivity index (χ1v) is 9.01. The van der Waals surface area contributed by atoms with Crippen molar-refractivity contribution in [2.24, 2.45) is 0 Å². The molecule has 1 aliphatic heterocycles. The molecule has 2 aromatic heterocycles. The van der Waals surface area contributed by atoms with Crippen LogP contribution in [0.1, 0.15) is 26.2 Å². The predicted octanol–water partition coefficient (Wildman–Crippen LogP) is 3.41. The number of piperidine rings is 1. The number of rotatable bonds is 3. The van der Waals surface area contributed by atoms with Crippen molar-refractivity contribution in [1.82, 2.24) is 14.6 Å². The SMILES string of the molecule is CC(=O)Nc1c(-c2ccccc2)nc2sc(N3CCCCC3)nn12. The molecule has 0 unspecified atom stereocenters. The van der Waals surface area contributed by atoms with Gasteiger partial charge in [0.1, 0.15) is 5.69 Å². The van der Waals surface area contributed by atoms with E-state index in [4.69, 9.17) is 10.1 Å². The van der Waals surface area contributed by atoms with Crippen LogP contribution in [0, 0.1) is 0 Å². The number of amides is 1. The van der Waals surface area contributed by atoms with Crippen molar-refractivity contribution in [3.05, 3.63) is 30.3 Å². The Bertz CT molecular complexity index is 864. The van der Waals surface area contributed by atoms with Gasteiger partial charge in [-0.25, -0.2) is 4.98 Å². The lowest BCUT2D eigenvalue weighted by Crippen LogP contribution is -2.29. The number of hydrogen-bond donors (Lipinski definition) is 1. The molecular formula is C17H19N5OS. The Balaban J connectivity index is 1.79. The summed E-state index contributed by atoms with van der Waals surface area (Å²) < 4.78 is 1.76. The maximum absolute atomic E-state index is 11.7. The molecule has 0 atom stereocenters. The molecule has 0 bridgehead atoms. The summed E-state index contributed by atoms with van der Waals surface area (Å²) in [7, 11) is 0. The second-order valence-corrected chi connectivity index (χ2v) is 6.92. The molecule has 124 valence electrons. The number of carbonyl (C=O) groups excluding carboxylic acids is 1. The lowest BCUT2D eigenvalue weighted by Gasteiger charge is -2.25. The van der Waals surface area contributed by atoms with Crippen molar-refractivity contribution in [2.45, 2.75) is 26.2 Å². The maximum Gasteiger partial charge on any atom is 0.222 e. The first-order valence-electron chi connectivity index (χ1n) is 8.20. The minimum atomic E-state index is -0.124. The number of imidazole rings is 1. The van der Waals surface area contributed by atoms with Gasteiger partial charge in [0.05, 0.1) is 0 Å². The topological polar surface area (TPSA) is 62.5 Å². The molecule has 4 rings (SSSR count). The number of nitrogens with zero attached hydrogens (tertiary/aromatic N) is 4. The van der Waals surface area contributed by atoms with Crippen LogP contribution in [0.3, 0.4) is 0 Å². The molecule has 1 aliphatic rings. The molecule has 0 saturated carbocycles. The fourth-order valence-corrected chi connectivity index (χ4v) is 3.98. The molecule has 7 heteroatoms. The van der Waals surface area contributed by atoms with Gasteiger partial charge < -0.3 is 10.2 Å². The van der Waals surface area contributed by atoms with E-state index in [1.807, 2.05) is 30.3 Å². The van der Waals surface area contributed by atoms with E-state index in [2.05, 4.69) is 10.2 Å². The Morgan fingerprint density at radius 1 is 1.17 bits per heavy atom. The summed E-state index contributed by atoms with van der Waals surface area (Å²) in [6, 6.07) is 9.87. The van der Waals surface area contributed by atoms with Gasteiger partial charge in [0, 0.05) is 25.6 Å². The number of fused-ring (bicyclic) bond motifs is 1. The van der Waals surface area contributed by atoms with E-state index in [1.54, 1.807) is 15.9 Å². The van der Waals surface area contributed by atoms with Gasteiger partial charge in [-0.15, -0.1) is 5.10 Å². The molecule has 1 aromatic carbocycles. The van der Waals surface area contributed by atoms with Crippen LogP contribution in [0.2, 0.25) is 0 Å². The summed E-state index contributed by atoms with van der Waals surface area (Å²) in [4.78, 5) is 19.5. The summed E-state index contributed by atoms with van der Waals surface area (Å²) in [5.74, 6) is 0.518. The Labute approximate surface area is 144 Å². The Kier molecular flexibility index (Phi) is 3.93. The maximum atomic E-state index is 11.7. The van der Waals surface area contributed by atoms with Crippen LogP contribution in [0.15, 0.2) is 30.3 Å². The lowest BCUT2D eigenvalue weighted by atomic mass is 10.1. The number of hydrogen-bond acceptors (Lipinski definition) is 5. The number of carbonyl (C=O) groups is 1. The molecule has 0 spiro atoms. The third-order valence-corrected chi connectivity index (χ3v) is 5.13. The van der Waals surface area contributed by atoms with Gasteiger partial charge in [0.25, 0.3) is 0 Å². The first-order chi connectivity index (χ1) is 11.7. The molecule has 1 fully saturated rings. The summed E-state index contributed by atoms with van der Waals surface area (Å²) in [5.41, 5.74) is 1.73. The Morgan fingerprint density at radius 3 is 2.62 bits per heavy atom. The summed E-state index contributed by atoms with van der Waals surface area (Å²) >= 11 is 1.58. The van der Waals surface area contributed by atoms with E-state index in [0.29, 0.717) is 5.82 Å². The highest BCUT2D eigenvalue weighted by Crippen LogP contribution is 2.34. The average molecular weight is 341 g/mol. The van der Waals surface area contributed by atoms with E-state index in [9.17, 15) is 4.79 Å². The van der Waals surface area contributed by atoms with Crippen LogP contribution < -0.4 is 10.2 Å². The fraction of sp³-hybridized carbons (Fsp3) is 0.353. The summed E-state index contributed by atoms with van der Waals surface area (Å²) in [6.07, 6.45) is 3.69.